The molecule has 1 atom stereocenters. The molecule has 0 aromatic heterocycles. The summed E-state index contributed by atoms with van der Waals surface area (Å²) in [5, 5.41) is 3.50. The predicted octanol–water partition coefficient (Wildman–Crippen LogP) is 2.14. The number of carbonyl (C=O) groups excluding carboxylic acids is 1. The largest absolute Gasteiger partial charge is 0.444 e. The zero-order valence-electron chi connectivity index (χ0n) is 11.2. The van der Waals surface area contributed by atoms with Gasteiger partial charge in [0, 0.05) is 25.2 Å². The number of hydrogen-bond acceptors (Lipinski definition) is 3. The van der Waals surface area contributed by atoms with Crippen LogP contribution in [0, 0.1) is 0 Å². The third-order valence-electron chi connectivity index (χ3n) is 3.22. The first-order chi connectivity index (χ1) is 7.96. The summed E-state index contributed by atoms with van der Waals surface area (Å²) in [5.41, 5.74) is -0.395. The summed E-state index contributed by atoms with van der Waals surface area (Å²) in [5.74, 6) is 0. The molecule has 0 radical (unpaired) electrons. The summed E-state index contributed by atoms with van der Waals surface area (Å²) in [6, 6.07) is 1.03. The Morgan fingerprint density at radius 2 is 2.06 bits per heavy atom. The van der Waals surface area contributed by atoms with Crippen LogP contribution in [-0.2, 0) is 4.74 Å². The van der Waals surface area contributed by atoms with Crippen molar-refractivity contribution in [3.8, 4) is 0 Å². The van der Waals surface area contributed by atoms with Gasteiger partial charge in [-0.15, -0.1) is 0 Å². The number of nitrogens with one attached hydrogen (secondary N) is 1. The number of ether oxygens (including phenoxy) is 1. The number of carbonyl (C=O) groups is 1. The summed E-state index contributed by atoms with van der Waals surface area (Å²) >= 11 is 0. The molecule has 0 spiro atoms. The van der Waals surface area contributed by atoms with Crippen LogP contribution in [0.25, 0.3) is 0 Å². The second kappa shape index (κ2) is 4.84. The van der Waals surface area contributed by atoms with E-state index >= 15 is 0 Å². The fourth-order valence-electron chi connectivity index (χ4n) is 2.20. The molecule has 2 aliphatic rings. The van der Waals surface area contributed by atoms with E-state index in [1.165, 1.54) is 12.8 Å². The van der Waals surface area contributed by atoms with Gasteiger partial charge in [0.05, 0.1) is 0 Å². The van der Waals surface area contributed by atoms with Crippen molar-refractivity contribution in [2.45, 2.75) is 64.1 Å². The number of likely N-dealkylation sites (tertiary alicyclic amines) is 1. The Morgan fingerprint density at radius 1 is 1.35 bits per heavy atom. The molecule has 2 fully saturated rings. The van der Waals surface area contributed by atoms with Crippen molar-refractivity contribution in [1.29, 1.82) is 0 Å². The van der Waals surface area contributed by atoms with Crippen LogP contribution < -0.4 is 5.32 Å². The average molecular weight is 240 g/mol. The van der Waals surface area contributed by atoms with Gasteiger partial charge in [-0.25, -0.2) is 4.79 Å². The van der Waals surface area contributed by atoms with Gasteiger partial charge < -0.3 is 15.0 Å². The lowest BCUT2D eigenvalue weighted by molar-refractivity contribution is 0.0226. The molecule has 17 heavy (non-hydrogen) atoms. The third kappa shape index (κ3) is 3.87. The average Bonchev–Trinajstić information content (AvgIpc) is 2.90. The standard InChI is InChI=1S/C13H24N2O2/c1-13(2,3)17-12(16)15-8-4-5-11(15)9-14-10-6-7-10/h10-11,14H,4-9H2,1-3H3/t11-/m1/s1. The lowest BCUT2D eigenvalue weighted by Gasteiger charge is -2.28. The third-order valence-corrected chi connectivity index (χ3v) is 3.22. The van der Waals surface area contributed by atoms with Crippen LogP contribution in [0.4, 0.5) is 4.79 Å². The Kier molecular flexibility index (Phi) is 3.61. The minimum Gasteiger partial charge on any atom is -0.444 e. The highest BCUT2D eigenvalue weighted by molar-refractivity contribution is 5.69. The molecule has 1 N–H and O–H groups in total. The Morgan fingerprint density at radius 3 is 2.65 bits per heavy atom. The minimum absolute atomic E-state index is 0.155. The maximum atomic E-state index is 12.0. The molecule has 4 heteroatoms. The second-order valence-corrected chi connectivity index (χ2v) is 6.15. The first-order valence-electron chi connectivity index (χ1n) is 6.69. The number of rotatable bonds is 3. The Bertz CT molecular complexity index is 282. The Labute approximate surface area is 104 Å². The lowest BCUT2D eigenvalue weighted by atomic mass is 10.2. The summed E-state index contributed by atoms with van der Waals surface area (Å²) in [6.07, 6.45) is 4.62. The van der Waals surface area contributed by atoms with Crippen molar-refractivity contribution in [3.05, 3.63) is 0 Å². The van der Waals surface area contributed by atoms with Crippen LogP contribution in [0.5, 0.6) is 0 Å². The SMILES string of the molecule is CC(C)(C)OC(=O)N1CCC[C@@H]1CNC1CC1. The molecule has 2 rings (SSSR count). The molecule has 0 bridgehead atoms. The normalized spacial score (nSPS) is 25.1. The quantitative estimate of drug-likeness (QED) is 0.821. The summed E-state index contributed by atoms with van der Waals surface area (Å²) in [6.45, 7) is 7.51. The molecule has 1 saturated carbocycles. The van der Waals surface area contributed by atoms with Gasteiger partial charge >= 0.3 is 6.09 Å². The van der Waals surface area contributed by atoms with E-state index in [2.05, 4.69) is 5.32 Å². The molecule has 1 aliphatic carbocycles. The van der Waals surface area contributed by atoms with Gasteiger partial charge in [0.25, 0.3) is 0 Å². The minimum atomic E-state index is -0.395. The molecule has 1 amide bonds. The van der Waals surface area contributed by atoms with E-state index in [4.69, 9.17) is 4.74 Å². The maximum Gasteiger partial charge on any atom is 0.410 e. The van der Waals surface area contributed by atoms with Crippen LogP contribution in [0.15, 0.2) is 0 Å². The van der Waals surface area contributed by atoms with Gasteiger partial charge in [0.15, 0.2) is 0 Å². The van der Waals surface area contributed by atoms with E-state index in [1.54, 1.807) is 0 Å². The molecule has 4 nitrogen and oxygen atoms in total. The van der Waals surface area contributed by atoms with Crippen molar-refractivity contribution in [2.75, 3.05) is 13.1 Å². The molecule has 0 aromatic carbocycles. The smallest absolute Gasteiger partial charge is 0.410 e. The highest BCUT2D eigenvalue weighted by Crippen LogP contribution is 2.23. The molecule has 0 unspecified atom stereocenters. The van der Waals surface area contributed by atoms with Crippen LogP contribution >= 0.6 is 0 Å². The highest BCUT2D eigenvalue weighted by Gasteiger charge is 2.33. The fourth-order valence-corrected chi connectivity index (χ4v) is 2.20. The molecule has 1 heterocycles. The van der Waals surface area contributed by atoms with Gasteiger partial charge in [0.2, 0.25) is 0 Å². The van der Waals surface area contributed by atoms with Crippen LogP contribution in [0.1, 0.15) is 46.5 Å². The first-order valence-corrected chi connectivity index (χ1v) is 6.69. The van der Waals surface area contributed by atoms with Crippen molar-refractivity contribution < 1.29 is 9.53 Å². The highest BCUT2D eigenvalue weighted by atomic mass is 16.6. The van der Waals surface area contributed by atoms with E-state index in [9.17, 15) is 4.79 Å². The predicted molar refractivity (Wildman–Crippen MR) is 67.0 cm³/mol. The second-order valence-electron chi connectivity index (χ2n) is 6.15. The van der Waals surface area contributed by atoms with Gasteiger partial charge in [0.1, 0.15) is 5.60 Å². The zero-order valence-corrected chi connectivity index (χ0v) is 11.2. The van der Waals surface area contributed by atoms with Crippen molar-refractivity contribution in [1.82, 2.24) is 10.2 Å². The summed E-state index contributed by atoms with van der Waals surface area (Å²) < 4.78 is 5.43. The summed E-state index contributed by atoms with van der Waals surface area (Å²) in [4.78, 5) is 13.9. The van der Waals surface area contributed by atoms with Crippen molar-refractivity contribution >= 4 is 6.09 Å². The molecule has 1 aliphatic heterocycles. The zero-order chi connectivity index (χ0) is 12.5. The van der Waals surface area contributed by atoms with Crippen molar-refractivity contribution in [3.63, 3.8) is 0 Å². The molecular formula is C13H24N2O2. The van der Waals surface area contributed by atoms with Gasteiger partial charge in [-0.1, -0.05) is 0 Å². The van der Waals surface area contributed by atoms with E-state index < -0.39 is 5.60 Å². The molecule has 0 aromatic rings. The molecular weight excluding hydrogens is 216 g/mol. The lowest BCUT2D eigenvalue weighted by Crippen LogP contribution is -2.44. The Hall–Kier alpha value is -0.770. The first kappa shape index (κ1) is 12.7. The van der Waals surface area contributed by atoms with E-state index in [-0.39, 0.29) is 6.09 Å². The van der Waals surface area contributed by atoms with Gasteiger partial charge in [-0.05, 0) is 46.5 Å². The molecule has 98 valence electrons. The Balaban J connectivity index is 1.82. The topological polar surface area (TPSA) is 41.6 Å². The number of amides is 1. The monoisotopic (exact) mass is 240 g/mol. The van der Waals surface area contributed by atoms with Crippen molar-refractivity contribution in [2.24, 2.45) is 0 Å². The van der Waals surface area contributed by atoms with E-state index in [0.717, 1.165) is 25.9 Å². The van der Waals surface area contributed by atoms with E-state index in [1.807, 2.05) is 25.7 Å². The van der Waals surface area contributed by atoms with Crippen LogP contribution in [0.3, 0.4) is 0 Å². The van der Waals surface area contributed by atoms with Crippen LogP contribution in [-0.4, -0.2) is 41.8 Å². The fraction of sp³-hybridized carbons (Fsp3) is 0.923. The van der Waals surface area contributed by atoms with Gasteiger partial charge in [-0.3, -0.25) is 0 Å². The number of hydrogen-bond donors (Lipinski definition) is 1. The maximum absolute atomic E-state index is 12.0. The van der Waals surface area contributed by atoms with Crippen LogP contribution in [0.2, 0.25) is 0 Å². The van der Waals surface area contributed by atoms with Gasteiger partial charge in [-0.2, -0.15) is 0 Å². The summed E-state index contributed by atoms with van der Waals surface area (Å²) in [7, 11) is 0. The number of nitrogens with zero attached hydrogens (tertiary/aromatic N) is 1. The molecule has 1 saturated heterocycles. The van der Waals surface area contributed by atoms with E-state index in [0.29, 0.717) is 12.1 Å².